The predicted octanol–water partition coefficient (Wildman–Crippen LogP) is 2.01. The fraction of sp³-hybridized carbons (Fsp3) is 0.923. The Morgan fingerprint density at radius 2 is 2.18 bits per heavy atom. The largest absolute Gasteiger partial charge is 0.353 e. The second-order valence-corrected chi connectivity index (χ2v) is 6.06. The maximum atomic E-state index is 12.2. The Labute approximate surface area is 109 Å². The van der Waals surface area contributed by atoms with Crippen molar-refractivity contribution < 1.29 is 4.79 Å². The normalized spacial score (nSPS) is 26.5. The van der Waals surface area contributed by atoms with Crippen LogP contribution in [0.15, 0.2) is 0 Å². The molecule has 0 aliphatic heterocycles. The van der Waals surface area contributed by atoms with Crippen LogP contribution in [0.2, 0.25) is 0 Å². The third-order valence-corrected chi connectivity index (χ3v) is 4.34. The zero-order valence-electron chi connectivity index (χ0n) is 11.1. The standard InChI is InChI=1S/C13H26N2OS/c1-10(7-8-17-2)15-13(16)12-6-4-3-5-11(12)9-14/h10-12H,3-9,14H2,1-2H3,(H,15,16). The van der Waals surface area contributed by atoms with Gasteiger partial charge in [-0.25, -0.2) is 0 Å². The Balaban J connectivity index is 2.39. The second-order valence-electron chi connectivity index (χ2n) is 5.08. The second kappa shape index (κ2) is 7.98. The molecule has 3 unspecified atom stereocenters. The van der Waals surface area contributed by atoms with E-state index in [0.717, 1.165) is 25.0 Å². The molecule has 3 nitrogen and oxygen atoms in total. The molecule has 0 aromatic heterocycles. The number of carbonyl (C=O) groups excluding carboxylic acids is 1. The van der Waals surface area contributed by atoms with Crippen LogP contribution in [0, 0.1) is 11.8 Å². The first-order valence-electron chi connectivity index (χ1n) is 6.68. The van der Waals surface area contributed by atoms with E-state index in [1.165, 1.54) is 12.8 Å². The lowest BCUT2D eigenvalue weighted by molar-refractivity contribution is -0.128. The summed E-state index contributed by atoms with van der Waals surface area (Å²) in [5.74, 6) is 1.89. The molecular weight excluding hydrogens is 232 g/mol. The average molecular weight is 258 g/mol. The molecular formula is C13H26N2OS. The van der Waals surface area contributed by atoms with Crippen LogP contribution in [0.25, 0.3) is 0 Å². The van der Waals surface area contributed by atoms with E-state index >= 15 is 0 Å². The molecule has 0 radical (unpaired) electrons. The van der Waals surface area contributed by atoms with Crippen molar-refractivity contribution in [3.8, 4) is 0 Å². The quantitative estimate of drug-likeness (QED) is 0.766. The highest BCUT2D eigenvalue weighted by atomic mass is 32.2. The van der Waals surface area contributed by atoms with Crippen molar-refractivity contribution in [1.29, 1.82) is 0 Å². The first kappa shape index (κ1) is 14.8. The van der Waals surface area contributed by atoms with Gasteiger partial charge in [0.25, 0.3) is 0 Å². The third-order valence-electron chi connectivity index (χ3n) is 3.69. The molecule has 0 bridgehead atoms. The van der Waals surface area contributed by atoms with Crippen LogP contribution in [0.1, 0.15) is 39.0 Å². The van der Waals surface area contributed by atoms with Crippen LogP contribution < -0.4 is 11.1 Å². The molecule has 100 valence electrons. The van der Waals surface area contributed by atoms with Gasteiger partial charge in [0.2, 0.25) is 5.91 Å². The van der Waals surface area contributed by atoms with Crippen molar-refractivity contribution in [2.75, 3.05) is 18.6 Å². The van der Waals surface area contributed by atoms with E-state index in [-0.39, 0.29) is 17.9 Å². The number of carbonyl (C=O) groups is 1. The van der Waals surface area contributed by atoms with Crippen LogP contribution in [0.5, 0.6) is 0 Å². The highest BCUT2D eigenvalue weighted by Crippen LogP contribution is 2.29. The smallest absolute Gasteiger partial charge is 0.223 e. The third kappa shape index (κ3) is 4.88. The number of nitrogens with two attached hydrogens (primary N) is 1. The molecule has 3 atom stereocenters. The maximum absolute atomic E-state index is 12.2. The Kier molecular flexibility index (Phi) is 6.97. The van der Waals surface area contributed by atoms with Crippen LogP contribution in [0.3, 0.4) is 0 Å². The molecule has 0 heterocycles. The molecule has 4 heteroatoms. The molecule has 1 aliphatic carbocycles. The molecule has 1 amide bonds. The van der Waals surface area contributed by atoms with Gasteiger partial charge >= 0.3 is 0 Å². The summed E-state index contributed by atoms with van der Waals surface area (Å²) in [4.78, 5) is 12.2. The van der Waals surface area contributed by atoms with Gasteiger partial charge in [0.15, 0.2) is 0 Å². The van der Waals surface area contributed by atoms with E-state index in [2.05, 4.69) is 18.5 Å². The summed E-state index contributed by atoms with van der Waals surface area (Å²) in [5, 5.41) is 3.14. The Morgan fingerprint density at radius 3 is 2.82 bits per heavy atom. The Morgan fingerprint density at radius 1 is 1.47 bits per heavy atom. The summed E-state index contributed by atoms with van der Waals surface area (Å²) in [5.41, 5.74) is 5.76. The summed E-state index contributed by atoms with van der Waals surface area (Å²) in [6, 6.07) is 0.287. The number of thioether (sulfide) groups is 1. The van der Waals surface area contributed by atoms with Gasteiger partial charge in [-0.3, -0.25) is 4.79 Å². The lowest BCUT2D eigenvalue weighted by atomic mass is 9.78. The van der Waals surface area contributed by atoms with Gasteiger partial charge in [0.05, 0.1) is 0 Å². The minimum absolute atomic E-state index is 0.158. The van der Waals surface area contributed by atoms with Gasteiger partial charge in [0, 0.05) is 12.0 Å². The fourth-order valence-corrected chi connectivity index (χ4v) is 3.14. The van der Waals surface area contributed by atoms with Gasteiger partial charge in [-0.1, -0.05) is 12.8 Å². The molecule has 1 saturated carbocycles. The lowest BCUT2D eigenvalue weighted by Crippen LogP contribution is -2.43. The molecule has 1 aliphatic rings. The van der Waals surface area contributed by atoms with E-state index < -0.39 is 0 Å². The zero-order valence-corrected chi connectivity index (χ0v) is 11.9. The van der Waals surface area contributed by atoms with Crippen LogP contribution in [-0.4, -0.2) is 30.5 Å². The molecule has 0 saturated heterocycles. The molecule has 0 spiro atoms. The van der Waals surface area contributed by atoms with E-state index in [0.29, 0.717) is 12.5 Å². The summed E-state index contributed by atoms with van der Waals surface area (Å²) < 4.78 is 0. The number of nitrogens with one attached hydrogen (secondary N) is 1. The van der Waals surface area contributed by atoms with Crippen LogP contribution in [0.4, 0.5) is 0 Å². The minimum atomic E-state index is 0.158. The summed E-state index contributed by atoms with van der Waals surface area (Å²) >= 11 is 1.83. The van der Waals surface area contributed by atoms with Gasteiger partial charge in [-0.2, -0.15) is 11.8 Å². The summed E-state index contributed by atoms with van der Waals surface area (Å²) in [7, 11) is 0. The topological polar surface area (TPSA) is 55.1 Å². The minimum Gasteiger partial charge on any atom is -0.353 e. The molecule has 1 fully saturated rings. The fourth-order valence-electron chi connectivity index (χ4n) is 2.55. The SMILES string of the molecule is CSCCC(C)NC(=O)C1CCCCC1CN. The molecule has 0 aromatic rings. The Hall–Kier alpha value is -0.220. The number of hydrogen-bond acceptors (Lipinski definition) is 3. The molecule has 1 rings (SSSR count). The first-order valence-corrected chi connectivity index (χ1v) is 8.07. The van der Waals surface area contributed by atoms with Gasteiger partial charge in [-0.15, -0.1) is 0 Å². The monoisotopic (exact) mass is 258 g/mol. The first-order chi connectivity index (χ1) is 8.19. The highest BCUT2D eigenvalue weighted by molar-refractivity contribution is 7.98. The van der Waals surface area contributed by atoms with E-state index in [1.807, 2.05) is 11.8 Å². The van der Waals surface area contributed by atoms with Gasteiger partial charge in [0.1, 0.15) is 0 Å². The zero-order chi connectivity index (χ0) is 12.7. The maximum Gasteiger partial charge on any atom is 0.223 e. The Bertz CT molecular complexity index is 235. The number of rotatable bonds is 6. The molecule has 3 N–H and O–H groups in total. The van der Waals surface area contributed by atoms with Crippen molar-refractivity contribution >= 4 is 17.7 Å². The number of hydrogen-bond donors (Lipinski definition) is 2. The van der Waals surface area contributed by atoms with Crippen molar-refractivity contribution in [3.63, 3.8) is 0 Å². The highest BCUT2D eigenvalue weighted by Gasteiger charge is 2.30. The molecule has 17 heavy (non-hydrogen) atoms. The molecule has 0 aromatic carbocycles. The lowest BCUT2D eigenvalue weighted by Gasteiger charge is -2.30. The predicted molar refractivity (Wildman–Crippen MR) is 75.1 cm³/mol. The van der Waals surface area contributed by atoms with Crippen LogP contribution in [-0.2, 0) is 4.79 Å². The average Bonchev–Trinajstić information content (AvgIpc) is 2.36. The van der Waals surface area contributed by atoms with E-state index in [9.17, 15) is 4.79 Å². The van der Waals surface area contributed by atoms with E-state index in [1.54, 1.807) is 0 Å². The van der Waals surface area contributed by atoms with Crippen molar-refractivity contribution in [2.24, 2.45) is 17.6 Å². The van der Waals surface area contributed by atoms with E-state index in [4.69, 9.17) is 5.73 Å². The van der Waals surface area contributed by atoms with Crippen molar-refractivity contribution in [3.05, 3.63) is 0 Å². The van der Waals surface area contributed by atoms with Crippen molar-refractivity contribution in [2.45, 2.75) is 45.1 Å². The van der Waals surface area contributed by atoms with Gasteiger partial charge < -0.3 is 11.1 Å². The summed E-state index contributed by atoms with van der Waals surface area (Å²) in [6.45, 7) is 2.74. The van der Waals surface area contributed by atoms with Crippen LogP contribution >= 0.6 is 11.8 Å². The van der Waals surface area contributed by atoms with Crippen molar-refractivity contribution in [1.82, 2.24) is 5.32 Å². The number of amides is 1. The summed E-state index contributed by atoms with van der Waals surface area (Å²) in [6.07, 6.45) is 7.69. The van der Waals surface area contributed by atoms with Gasteiger partial charge in [-0.05, 0) is 50.7 Å².